The summed E-state index contributed by atoms with van der Waals surface area (Å²) in [6, 6.07) is 1.72. The number of aromatic nitrogens is 1. The van der Waals surface area contributed by atoms with Crippen molar-refractivity contribution in [1.82, 2.24) is 5.16 Å². The summed E-state index contributed by atoms with van der Waals surface area (Å²) in [6.07, 6.45) is 13.0. The minimum Gasteiger partial charge on any atom is -0.481 e. The van der Waals surface area contributed by atoms with Crippen LogP contribution in [0.5, 0.6) is 0 Å². The lowest BCUT2D eigenvalue weighted by molar-refractivity contribution is -0.136. The molecule has 0 amide bonds. The van der Waals surface area contributed by atoms with E-state index in [2.05, 4.69) is 11.2 Å². The van der Waals surface area contributed by atoms with Crippen molar-refractivity contribution in [3.8, 4) is 0 Å². The van der Waals surface area contributed by atoms with E-state index in [4.69, 9.17) is 9.63 Å². The largest absolute Gasteiger partial charge is 0.481 e. The average molecular weight is 321 g/mol. The Morgan fingerprint density at radius 2 is 2.17 bits per heavy atom. The van der Waals surface area contributed by atoms with Gasteiger partial charge in [0.15, 0.2) is 0 Å². The lowest BCUT2D eigenvalue weighted by atomic mass is 9.92. The third-order valence-corrected chi connectivity index (χ3v) is 4.10. The Hall–Kier alpha value is -1.91. The van der Waals surface area contributed by atoms with Gasteiger partial charge in [0, 0.05) is 18.9 Å². The summed E-state index contributed by atoms with van der Waals surface area (Å²) in [4.78, 5) is 10.6. The molecule has 0 spiro atoms. The molecule has 1 heterocycles. The minimum absolute atomic E-state index is 0.0200. The monoisotopic (exact) mass is 321 g/mol. The van der Waals surface area contributed by atoms with E-state index in [1.54, 1.807) is 12.1 Å². The SMILES string of the molecule is O=C(O)Cc1cc(CCCCCC2CC=C(F)C/C=C\C2)on1. The van der Waals surface area contributed by atoms with Crippen molar-refractivity contribution in [2.75, 3.05) is 0 Å². The highest BCUT2D eigenvalue weighted by Gasteiger charge is 2.10. The van der Waals surface area contributed by atoms with Crippen molar-refractivity contribution < 1.29 is 18.8 Å². The Balaban J connectivity index is 1.62. The second-order valence-corrected chi connectivity index (χ2v) is 6.12. The van der Waals surface area contributed by atoms with Crippen LogP contribution in [0.1, 0.15) is 56.4 Å². The Kier molecular flexibility index (Phi) is 7.04. The van der Waals surface area contributed by atoms with Crippen molar-refractivity contribution in [3.05, 3.63) is 41.6 Å². The van der Waals surface area contributed by atoms with Gasteiger partial charge in [-0.15, -0.1) is 0 Å². The van der Waals surface area contributed by atoms with E-state index in [1.807, 2.05) is 6.08 Å². The number of hydrogen-bond donors (Lipinski definition) is 1. The fourth-order valence-corrected chi connectivity index (χ4v) is 2.82. The van der Waals surface area contributed by atoms with Crippen LogP contribution >= 0.6 is 0 Å². The molecule has 1 aromatic heterocycles. The Morgan fingerprint density at radius 3 is 3.00 bits per heavy atom. The van der Waals surface area contributed by atoms with E-state index < -0.39 is 5.97 Å². The summed E-state index contributed by atoms with van der Waals surface area (Å²) in [6.45, 7) is 0. The van der Waals surface area contributed by atoms with Crippen molar-refractivity contribution in [2.24, 2.45) is 5.92 Å². The molecule has 1 N–H and O–H groups in total. The number of aliphatic carboxylic acids is 1. The van der Waals surface area contributed by atoms with Crippen LogP contribution in [0.15, 0.2) is 34.6 Å². The number of carbonyl (C=O) groups is 1. The van der Waals surface area contributed by atoms with Gasteiger partial charge in [-0.3, -0.25) is 4.79 Å². The molecule has 1 aliphatic rings. The third kappa shape index (κ3) is 6.80. The molecule has 0 bridgehead atoms. The van der Waals surface area contributed by atoms with Crippen LogP contribution in [-0.2, 0) is 17.6 Å². The van der Waals surface area contributed by atoms with Crippen molar-refractivity contribution >= 4 is 5.97 Å². The summed E-state index contributed by atoms with van der Waals surface area (Å²) in [5.74, 6) is 0.363. The van der Waals surface area contributed by atoms with Gasteiger partial charge in [-0.25, -0.2) is 4.39 Å². The van der Waals surface area contributed by atoms with E-state index in [-0.39, 0.29) is 12.2 Å². The van der Waals surface area contributed by atoms with Gasteiger partial charge in [-0.05, 0) is 31.6 Å². The third-order valence-electron chi connectivity index (χ3n) is 4.10. The van der Waals surface area contributed by atoms with Gasteiger partial charge in [0.1, 0.15) is 5.76 Å². The molecule has 0 radical (unpaired) electrons. The van der Waals surface area contributed by atoms with Gasteiger partial charge in [0.05, 0.1) is 17.9 Å². The van der Waals surface area contributed by atoms with Crippen LogP contribution in [0, 0.1) is 5.92 Å². The molecular formula is C18H24FNO3. The zero-order valence-corrected chi connectivity index (χ0v) is 13.3. The molecule has 2 rings (SSSR count). The number of carboxylic acids is 1. The second kappa shape index (κ2) is 9.28. The van der Waals surface area contributed by atoms with Crippen LogP contribution in [0.4, 0.5) is 4.39 Å². The van der Waals surface area contributed by atoms with Gasteiger partial charge < -0.3 is 9.63 Å². The first-order valence-corrected chi connectivity index (χ1v) is 8.29. The van der Waals surface area contributed by atoms with E-state index in [9.17, 15) is 9.18 Å². The predicted octanol–water partition coefficient (Wildman–Crippen LogP) is 4.61. The predicted molar refractivity (Wildman–Crippen MR) is 85.7 cm³/mol. The van der Waals surface area contributed by atoms with E-state index in [0.29, 0.717) is 18.0 Å². The van der Waals surface area contributed by atoms with E-state index in [1.165, 1.54) is 0 Å². The highest BCUT2D eigenvalue weighted by molar-refractivity contribution is 5.69. The molecule has 5 heteroatoms. The number of rotatable bonds is 8. The fourth-order valence-electron chi connectivity index (χ4n) is 2.82. The summed E-state index contributed by atoms with van der Waals surface area (Å²) in [7, 11) is 0. The number of allylic oxidation sites excluding steroid dienone is 4. The molecule has 0 aromatic carbocycles. The zero-order chi connectivity index (χ0) is 16.5. The van der Waals surface area contributed by atoms with Crippen molar-refractivity contribution in [3.63, 3.8) is 0 Å². The molecule has 4 nitrogen and oxygen atoms in total. The highest BCUT2D eigenvalue weighted by atomic mass is 19.1. The molecule has 1 atom stereocenters. The van der Waals surface area contributed by atoms with Crippen LogP contribution < -0.4 is 0 Å². The number of halogens is 1. The second-order valence-electron chi connectivity index (χ2n) is 6.12. The first-order valence-electron chi connectivity index (χ1n) is 8.29. The quantitative estimate of drug-likeness (QED) is 0.561. The molecule has 1 aliphatic carbocycles. The van der Waals surface area contributed by atoms with Crippen LogP contribution in [-0.4, -0.2) is 16.2 Å². The van der Waals surface area contributed by atoms with Crippen molar-refractivity contribution in [2.45, 2.75) is 57.8 Å². The minimum atomic E-state index is -0.899. The Labute approximate surface area is 136 Å². The van der Waals surface area contributed by atoms with Crippen LogP contribution in [0.3, 0.4) is 0 Å². The lowest BCUT2D eigenvalue weighted by Crippen LogP contribution is -2.00. The number of unbranched alkanes of at least 4 members (excludes halogenated alkanes) is 2. The number of hydrogen-bond acceptors (Lipinski definition) is 3. The molecule has 1 aromatic rings. The number of nitrogens with zero attached hydrogens (tertiary/aromatic N) is 1. The van der Waals surface area contributed by atoms with E-state index >= 15 is 0 Å². The first-order chi connectivity index (χ1) is 11.1. The average Bonchev–Trinajstić information content (AvgIpc) is 2.92. The smallest absolute Gasteiger partial charge is 0.309 e. The van der Waals surface area contributed by atoms with Gasteiger partial charge in [0.2, 0.25) is 0 Å². The maximum absolute atomic E-state index is 13.3. The van der Waals surface area contributed by atoms with E-state index in [0.717, 1.165) is 50.7 Å². The fraction of sp³-hybridized carbons (Fsp3) is 0.556. The molecule has 0 saturated heterocycles. The maximum atomic E-state index is 13.3. The Bertz CT molecular complexity index is 562. The Morgan fingerprint density at radius 1 is 1.30 bits per heavy atom. The van der Waals surface area contributed by atoms with Crippen molar-refractivity contribution in [1.29, 1.82) is 0 Å². The number of aryl methyl sites for hydroxylation is 1. The van der Waals surface area contributed by atoms with Gasteiger partial charge in [-0.2, -0.15) is 0 Å². The maximum Gasteiger partial charge on any atom is 0.309 e. The molecule has 23 heavy (non-hydrogen) atoms. The lowest BCUT2D eigenvalue weighted by Gasteiger charge is -2.14. The molecular weight excluding hydrogens is 297 g/mol. The summed E-state index contributed by atoms with van der Waals surface area (Å²) >= 11 is 0. The number of carboxylic acid groups (broad SMARTS) is 1. The van der Waals surface area contributed by atoms with Crippen LogP contribution in [0.2, 0.25) is 0 Å². The molecule has 126 valence electrons. The summed E-state index contributed by atoms with van der Waals surface area (Å²) < 4.78 is 18.4. The van der Waals surface area contributed by atoms with Gasteiger partial charge in [-0.1, -0.05) is 36.2 Å². The first kappa shape index (κ1) is 17.4. The standard InChI is InChI=1S/C18H24FNO3/c19-15-8-5-4-7-14(10-11-15)6-2-1-3-9-17-12-16(20-23-17)13-18(21)22/h4-5,11-12,14H,1-3,6-10,13H2,(H,21,22)/b5-4-,15-11?. The molecule has 1 unspecified atom stereocenters. The summed E-state index contributed by atoms with van der Waals surface area (Å²) in [5, 5.41) is 12.4. The molecule has 0 fully saturated rings. The van der Waals surface area contributed by atoms with Crippen LogP contribution in [0.25, 0.3) is 0 Å². The van der Waals surface area contributed by atoms with Gasteiger partial charge in [0.25, 0.3) is 0 Å². The topological polar surface area (TPSA) is 63.3 Å². The normalized spacial score (nSPS) is 19.7. The zero-order valence-electron chi connectivity index (χ0n) is 13.3. The summed E-state index contributed by atoms with van der Waals surface area (Å²) in [5.41, 5.74) is 0.475. The molecule has 0 saturated carbocycles. The molecule has 0 aliphatic heterocycles. The van der Waals surface area contributed by atoms with Gasteiger partial charge >= 0.3 is 5.97 Å². The highest BCUT2D eigenvalue weighted by Crippen LogP contribution is 2.23.